The van der Waals surface area contributed by atoms with Crippen LogP contribution in [0.5, 0.6) is 0 Å². The fourth-order valence-electron chi connectivity index (χ4n) is 2.28. The maximum atomic E-state index is 4.79. The first kappa shape index (κ1) is 12.5. The van der Waals surface area contributed by atoms with Gasteiger partial charge in [0.1, 0.15) is 0 Å². The summed E-state index contributed by atoms with van der Waals surface area (Å²) in [4.78, 5) is 0. The van der Waals surface area contributed by atoms with Gasteiger partial charge >= 0.3 is 0 Å². The van der Waals surface area contributed by atoms with Gasteiger partial charge in [0.2, 0.25) is 0 Å². The molecule has 1 aliphatic heterocycles. The Morgan fingerprint density at radius 1 is 1.27 bits per heavy atom. The molecule has 1 fully saturated rings. The van der Waals surface area contributed by atoms with Crippen molar-refractivity contribution < 1.29 is 0 Å². The lowest BCUT2D eigenvalue weighted by atomic mass is 10.00. The molecule has 0 aromatic carbocycles. The third kappa shape index (κ3) is 3.84. The van der Waals surface area contributed by atoms with Crippen molar-refractivity contribution in [3.63, 3.8) is 0 Å². The minimum atomic E-state index is 0.630. The Morgan fingerprint density at radius 2 is 1.87 bits per heavy atom. The van der Waals surface area contributed by atoms with Crippen LogP contribution in [0.1, 0.15) is 66.2 Å². The summed E-state index contributed by atoms with van der Waals surface area (Å²) in [5, 5.41) is 7.11. The molecule has 1 saturated heterocycles. The lowest BCUT2D eigenvalue weighted by Crippen LogP contribution is -2.40. The molecule has 0 bridgehead atoms. The molecule has 2 atom stereocenters. The molecule has 2 heteroatoms. The van der Waals surface area contributed by atoms with E-state index in [9.17, 15) is 0 Å². The van der Waals surface area contributed by atoms with E-state index in [-0.39, 0.29) is 0 Å². The largest absolute Gasteiger partial charge is 0.292 e. The van der Waals surface area contributed by atoms with Gasteiger partial charge in [0, 0.05) is 17.8 Å². The fourth-order valence-corrected chi connectivity index (χ4v) is 2.28. The number of piperidine rings is 1. The van der Waals surface area contributed by atoms with Crippen LogP contribution < -0.4 is 0 Å². The SMILES string of the molecule is CCCC/C(C)=N\N1[C@H](C)CCC[C@H]1C. The Hall–Kier alpha value is -0.530. The smallest absolute Gasteiger partial charge is 0.0445 e. The third-order valence-electron chi connectivity index (χ3n) is 3.33. The topological polar surface area (TPSA) is 15.6 Å². The first-order chi connectivity index (χ1) is 7.15. The van der Waals surface area contributed by atoms with Crippen molar-refractivity contribution in [2.45, 2.75) is 78.3 Å². The molecule has 88 valence electrons. The van der Waals surface area contributed by atoms with Crippen molar-refractivity contribution in [1.29, 1.82) is 0 Å². The number of hydrogen-bond acceptors (Lipinski definition) is 2. The zero-order valence-electron chi connectivity index (χ0n) is 10.8. The first-order valence-electron chi connectivity index (χ1n) is 6.47. The van der Waals surface area contributed by atoms with Gasteiger partial charge in [0.05, 0.1) is 0 Å². The maximum absolute atomic E-state index is 4.79. The van der Waals surface area contributed by atoms with Gasteiger partial charge in [-0.15, -0.1) is 0 Å². The zero-order chi connectivity index (χ0) is 11.3. The minimum absolute atomic E-state index is 0.630. The predicted octanol–water partition coefficient (Wildman–Crippen LogP) is 3.82. The molecule has 0 aliphatic carbocycles. The van der Waals surface area contributed by atoms with Gasteiger partial charge in [-0.1, -0.05) is 13.3 Å². The van der Waals surface area contributed by atoms with Gasteiger partial charge in [-0.05, 0) is 52.9 Å². The van der Waals surface area contributed by atoms with Crippen LogP contribution in [0, 0.1) is 0 Å². The third-order valence-corrected chi connectivity index (χ3v) is 3.33. The summed E-state index contributed by atoms with van der Waals surface area (Å²) in [5.74, 6) is 0. The number of hydrazone groups is 1. The zero-order valence-corrected chi connectivity index (χ0v) is 10.8. The molecule has 0 saturated carbocycles. The van der Waals surface area contributed by atoms with E-state index in [2.05, 4.69) is 32.7 Å². The van der Waals surface area contributed by atoms with E-state index in [0.29, 0.717) is 12.1 Å². The van der Waals surface area contributed by atoms with Crippen LogP contribution in [0.25, 0.3) is 0 Å². The van der Waals surface area contributed by atoms with Gasteiger partial charge < -0.3 is 0 Å². The summed E-state index contributed by atoms with van der Waals surface area (Å²) in [5.41, 5.74) is 1.30. The number of rotatable bonds is 4. The average Bonchev–Trinajstić information content (AvgIpc) is 2.21. The van der Waals surface area contributed by atoms with Crippen molar-refractivity contribution >= 4 is 5.71 Å². The second-order valence-corrected chi connectivity index (χ2v) is 4.95. The average molecular weight is 210 g/mol. The van der Waals surface area contributed by atoms with Crippen LogP contribution in [0.4, 0.5) is 0 Å². The Morgan fingerprint density at radius 3 is 2.40 bits per heavy atom. The Labute approximate surface area is 94.7 Å². The minimum Gasteiger partial charge on any atom is -0.292 e. The molecule has 15 heavy (non-hydrogen) atoms. The van der Waals surface area contributed by atoms with Crippen LogP contribution >= 0.6 is 0 Å². The second kappa shape index (κ2) is 6.14. The summed E-state index contributed by atoms with van der Waals surface area (Å²) in [7, 11) is 0. The molecule has 0 radical (unpaired) electrons. The van der Waals surface area contributed by atoms with Crippen LogP contribution in [-0.2, 0) is 0 Å². The van der Waals surface area contributed by atoms with E-state index in [4.69, 9.17) is 5.10 Å². The van der Waals surface area contributed by atoms with Gasteiger partial charge in [-0.3, -0.25) is 5.01 Å². The first-order valence-corrected chi connectivity index (χ1v) is 6.47. The van der Waals surface area contributed by atoms with Crippen LogP contribution in [0.3, 0.4) is 0 Å². The summed E-state index contributed by atoms with van der Waals surface area (Å²) in [6, 6.07) is 1.26. The van der Waals surface area contributed by atoms with E-state index in [1.54, 1.807) is 0 Å². The van der Waals surface area contributed by atoms with E-state index >= 15 is 0 Å². The highest BCUT2D eigenvalue weighted by atomic mass is 15.5. The van der Waals surface area contributed by atoms with Crippen molar-refractivity contribution in [3.05, 3.63) is 0 Å². The summed E-state index contributed by atoms with van der Waals surface area (Å²) >= 11 is 0. The highest BCUT2D eigenvalue weighted by Crippen LogP contribution is 2.22. The Balaban J connectivity index is 2.52. The normalized spacial score (nSPS) is 28.3. The van der Waals surface area contributed by atoms with Gasteiger partial charge in [-0.25, -0.2) is 0 Å². The van der Waals surface area contributed by atoms with Gasteiger partial charge in [0.15, 0.2) is 0 Å². The lowest BCUT2D eigenvalue weighted by molar-refractivity contribution is 0.108. The maximum Gasteiger partial charge on any atom is 0.0445 e. The molecule has 0 amide bonds. The van der Waals surface area contributed by atoms with Crippen LogP contribution in [0.2, 0.25) is 0 Å². The number of nitrogens with zero attached hydrogens (tertiary/aromatic N) is 2. The molecule has 1 aliphatic rings. The Bertz CT molecular complexity index is 201. The van der Waals surface area contributed by atoms with Gasteiger partial charge in [0.25, 0.3) is 0 Å². The molecule has 0 unspecified atom stereocenters. The Kier molecular flexibility index (Phi) is 5.13. The highest BCUT2D eigenvalue weighted by molar-refractivity contribution is 5.81. The molecule has 1 rings (SSSR count). The summed E-state index contributed by atoms with van der Waals surface area (Å²) in [6.07, 6.45) is 7.66. The standard InChI is InChI=1S/C13H26N2/c1-5-6-8-11(2)14-15-12(3)9-7-10-13(15)4/h12-13H,5-10H2,1-4H3/b14-11-/t12-,13-/m1/s1. The van der Waals surface area contributed by atoms with Crippen molar-refractivity contribution in [2.75, 3.05) is 0 Å². The number of hydrogen-bond donors (Lipinski definition) is 0. The summed E-state index contributed by atoms with van der Waals surface area (Å²) < 4.78 is 0. The predicted molar refractivity (Wildman–Crippen MR) is 67.2 cm³/mol. The van der Waals surface area contributed by atoms with Crippen molar-refractivity contribution in [3.8, 4) is 0 Å². The quantitative estimate of drug-likeness (QED) is 0.644. The molecule has 0 aromatic rings. The summed E-state index contributed by atoms with van der Waals surface area (Å²) in [6.45, 7) is 9.00. The molecule has 0 N–H and O–H groups in total. The van der Waals surface area contributed by atoms with Crippen molar-refractivity contribution in [1.82, 2.24) is 5.01 Å². The molecular formula is C13H26N2. The monoisotopic (exact) mass is 210 g/mol. The number of unbranched alkanes of at least 4 members (excludes halogenated alkanes) is 1. The second-order valence-electron chi connectivity index (χ2n) is 4.95. The highest BCUT2D eigenvalue weighted by Gasteiger charge is 2.23. The van der Waals surface area contributed by atoms with Crippen molar-refractivity contribution in [2.24, 2.45) is 5.10 Å². The lowest BCUT2D eigenvalue weighted by Gasteiger charge is -2.37. The van der Waals surface area contributed by atoms with Gasteiger partial charge in [-0.2, -0.15) is 5.10 Å². The molecule has 0 aromatic heterocycles. The fraction of sp³-hybridized carbons (Fsp3) is 0.923. The van der Waals surface area contributed by atoms with E-state index in [1.165, 1.54) is 37.8 Å². The van der Waals surface area contributed by atoms with E-state index in [0.717, 1.165) is 6.42 Å². The van der Waals surface area contributed by atoms with E-state index in [1.807, 2.05) is 0 Å². The van der Waals surface area contributed by atoms with E-state index < -0.39 is 0 Å². The molecule has 2 nitrogen and oxygen atoms in total. The molecular weight excluding hydrogens is 184 g/mol. The van der Waals surface area contributed by atoms with Crippen LogP contribution in [-0.4, -0.2) is 22.8 Å². The molecule has 0 spiro atoms. The van der Waals surface area contributed by atoms with Crippen LogP contribution in [0.15, 0.2) is 5.10 Å². The molecule has 1 heterocycles.